The van der Waals surface area contributed by atoms with Crippen LogP contribution < -0.4 is 10.9 Å². The Kier molecular flexibility index (Phi) is 3.62. The average molecular weight is 261 g/mol. The topological polar surface area (TPSA) is 83.7 Å². The third-order valence-electron chi connectivity index (χ3n) is 2.76. The zero-order valence-electron chi connectivity index (χ0n) is 10.8. The van der Waals surface area contributed by atoms with E-state index in [2.05, 4.69) is 10.3 Å². The number of aliphatic hydroxyl groups is 1. The van der Waals surface area contributed by atoms with Gasteiger partial charge in [0.25, 0.3) is 11.5 Å². The molecular weight excluding hydrogens is 246 g/mol. The summed E-state index contributed by atoms with van der Waals surface area (Å²) in [5, 5.41) is 11.4. The van der Waals surface area contributed by atoms with E-state index in [0.29, 0.717) is 5.65 Å². The number of aryl methyl sites for hydroxylation is 1. The van der Waals surface area contributed by atoms with Crippen molar-refractivity contribution in [2.24, 2.45) is 0 Å². The minimum Gasteiger partial charge on any atom is -0.394 e. The maximum absolute atomic E-state index is 12.2. The molecule has 0 spiro atoms. The average Bonchev–Trinajstić information content (AvgIpc) is 2.38. The Morgan fingerprint density at radius 3 is 3.00 bits per heavy atom. The number of nitrogens with zero attached hydrogens (tertiary/aromatic N) is 2. The Morgan fingerprint density at radius 1 is 1.58 bits per heavy atom. The van der Waals surface area contributed by atoms with Gasteiger partial charge in [0, 0.05) is 18.4 Å². The number of aliphatic hydroxyl groups excluding tert-OH is 1. The number of amides is 1. The summed E-state index contributed by atoms with van der Waals surface area (Å²) < 4.78 is 1.32. The molecule has 2 aromatic heterocycles. The third kappa shape index (κ3) is 2.63. The quantitative estimate of drug-likeness (QED) is 0.821. The van der Waals surface area contributed by atoms with Crippen molar-refractivity contribution in [3.05, 3.63) is 46.0 Å². The summed E-state index contributed by atoms with van der Waals surface area (Å²) in [5.74, 6) is -0.533. The van der Waals surface area contributed by atoms with Crippen LogP contribution in [-0.2, 0) is 0 Å². The van der Waals surface area contributed by atoms with Crippen LogP contribution in [0.15, 0.2) is 29.3 Å². The largest absolute Gasteiger partial charge is 0.394 e. The first-order valence-corrected chi connectivity index (χ1v) is 5.92. The number of pyridine rings is 1. The molecule has 2 aromatic rings. The molecule has 0 aliphatic carbocycles. The Balaban J connectivity index is 2.46. The van der Waals surface area contributed by atoms with Gasteiger partial charge in [-0.1, -0.05) is 0 Å². The van der Waals surface area contributed by atoms with Crippen LogP contribution in [0.1, 0.15) is 22.8 Å². The minimum absolute atomic E-state index is 0.0401. The first-order chi connectivity index (χ1) is 9.02. The van der Waals surface area contributed by atoms with Crippen LogP contribution in [-0.4, -0.2) is 33.0 Å². The second-order valence-corrected chi connectivity index (χ2v) is 4.47. The second-order valence-electron chi connectivity index (χ2n) is 4.47. The summed E-state index contributed by atoms with van der Waals surface area (Å²) in [6.45, 7) is 3.36. The molecule has 0 radical (unpaired) electrons. The smallest absolute Gasteiger partial charge is 0.270 e. The van der Waals surface area contributed by atoms with Crippen LogP contribution in [0.4, 0.5) is 0 Å². The number of carbonyl (C=O) groups excluding carboxylic acids is 1. The summed E-state index contributed by atoms with van der Waals surface area (Å²) >= 11 is 0. The van der Waals surface area contributed by atoms with Crippen molar-refractivity contribution in [2.75, 3.05) is 6.61 Å². The highest BCUT2D eigenvalue weighted by Crippen LogP contribution is 2.02. The Morgan fingerprint density at radius 2 is 2.32 bits per heavy atom. The molecule has 2 heterocycles. The van der Waals surface area contributed by atoms with Gasteiger partial charge in [0.15, 0.2) is 0 Å². The van der Waals surface area contributed by atoms with E-state index in [9.17, 15) is 9.59 Å². The monoisotopic (exact) mass is 261 g/mol. The number of rotatable bonds is 3. The van der Waals surface area contributed by atoms with Crippen LogP contribution in [0.3, 0.4) is 0 Å². The maximum Gasteiger partial charge on any atom is 0.270 e. The van der Waals surface area contributed by atoms with Gasteiger partial charge in [-0.05, 0) is 31.5 Å². The highest BCUT2D eigenvalue weighted by atomic mass is 16.3. The van der Waals surface area contributed by atoms with Crippen molar-refractivity contribution in [1.82, 2.24) is 14.7 Å². The van der Waals surface area contributed by atoms with Gasteiger partial charge in [0.2, 0.25) is 0 Å². The van der Waals surface area contributed by atoms with Gasteiger partial charge in [-0.15, -0.1) is 0 Å². The van der Waals surface area contributed by atoms with E-state index in [-0.39, 0.29) is 12.2 Å². The van der Waals surface area contributed by atoms with Crippen molar-refractivity contribution < 1.29 is 9.90 Å². The lowest BCUT2D eigenvalue weighted by molar-refractivity contribution is 0.0920. The molecule has 1 unspecified atom stereocenters. The van der Waals surface area contributed by atoms with E-state index in [1.807, 2.05) is 6.92 Å². The summed E-state index contributed by atoms with van der Waals surface area (Å²) in [4.78, 5) is 28.1. The highest BCUT2D eigenvalue weighted by Gasteiger charge is 2.14. The Labute approximate surface area is 109 Å². The summed E-state index contributed by atoms with van der Waals surface area (Å²) in [6.07, 6.45) is 2.85. The molecular formula is C13H15N3O3. The maximum atomic E-state index is 12.2. The van der Waals surface area contributed by atoms with E-state index < -0.39 is 17.5 Å². The molecule has 100 valence electrons. The molecule has 1 atom stereocenters. The molecule has 6 heteroatoms. The fourth-order valence-corrected chi connectivity index (χ4v) is 1.68. The number of fused-ring (bicyclic) bond motifs is 1. The lowest BCUT2D eigenvalue weighted by Crippen LogP contribution is -2.38. The first-order valence-electron chi connectivity index (χ1n) is 5.92. The Hall–Kier alpha value is -2.21. The number of nitrogens with one attached hydrogen (secondary N) is 1. The normalized spacial score (nSPS) is 12.4. The molecule has 19 heavy (non-hydrogen) atoms. The van der Waals surface area contributed by atoms with E-state index >= 15 is 0 Å². The molecule has 0 fully saturated rings. The minimum atomic E-state index is -0.533. The Bertz CT molecular complexity index is 678. The molecule has 6 nitrogen and oxygen atoms in total. The molecule has 0 aliphatic heterocycles. The van der Waals surface area contributed by atoms with Crippen molar-refractivity contribution in [3.8, 4) is 0 Å². The molecule has 2 N–H and O–H groups in total. The van der Waals surface area contributed by atoms with Gasteiger partial charge in [-0.25, -0.2) is 4.98 Å². The molecule has 0 aliphatic rings. The lowest BCUT2D eigenvalue weighted by Gasteiger charge is -2.10. The predicted octanol–water partition coefficient (Wildman–Crippen LogP) is 0.114. The zero-order chi connectivity index (χ0) is 14.0. The van der Waals surface area contributed by atoms with Gasteiger partial charge in [0.05, 0.1) is 6.61 Å². The van der Waals surface area contributed by atoms with Crippen molar-refractivity contribution in [2.45, 2.75) is 19.9 Å². The van der Waals surface area contributed by atoms with Crippen molar-refractivity contribution in [3.63, 3.8) is 0 Å². The molecule has 0 aromatic carbocycles. The van der Waals surface area contributed by atoms with E-state index in [1.54, 1.807) is 25.3 Å². The second kappa shape index (κ2) is 5.19. The summed E-state index contributed by atoms with van der Waals surface area (Å²) in [7, 11) is 0. The molecule has 0 bridgehead atoms. The van der Waals surface area contributed by atoms with E-state index in [4.69, 9.17) is 5.11 Å². The van der Waals surface area contributed by atoms with Crippen LogP contribution in [0.25, 0.3) is 5.65 Å². The predicted molar refractivity (Wildman–Crippen MR) is 70.2 cm³/mol. The van der Waals surface area contributed by atoms with Gasteiger partial charge in [-0.2, -0.15) is 0 Å². The summed E-state index contributed by atoms with van der Waals surface area (Å²) in [6, 6.07) is 3.12. The summed E-state index contributed by atoms with van der Waals surface area (Å²) in [5.41, 5.74) is 1.02. The number of aromatic nitrogens is 2. The van der Waals surface area contributed by atoms with Crippen LogP contribution in [0.2, 0.25) is 0 Å². The van der Waals surface area contributed by atoms with Crippen molar-refractivity contribution in [1.29, 1.82) is 0 Å². The molecule has 0 saturated carbocycles. The van der Waals surface area contributed by atoms with Crippen LogP contribution >= 0.6 is 0 Å². The standard InChI is InChI=1S/C13H15N3O3/c1-8-3-4-16-11(5-8)14-6-10(13(16)19)12(18)15-9(2)7-17/h3-6,9,17H,7H2,1-2H3,(H,15,18). The zero-order valence-corrected chi connectivity index (χ0v) is 10.8. The number of hydrogen-bond acceptors (Lipinski definition) is 4. The fraction of sp³-hybridized carbons (Fsp3) is 0.308. The van der Waals surface area contributed by atoms with Gasteiger partial charge in [-0.3, -0.25) is 14.0 Å². The van der Waals surface area contributed by atoms with Crippen molar-refractivity contribution >= 4 is 11.6 Å². The molecule has 0 saturated heterocycles. The van der Waals surface area contributed by atoms with Gasteiger partial charge < -0.3 is 10.4 Å². The van der Waals surface area contributed by atoms with Gasteiger partial charge in [0.1, 0.15) is 11.2 Å². The number of carbonyl (C=O) groups is 1. The number of hydrogen-bond donors (Lipinski definition) is 2. The third-order valence-corrected chi connectivity index (χ3v) is 2.76. The van der Waals surface area contributed by atoms with E-state index in [1.165, 1.54) is 10.6 Å². The van der Waals surface area contributed by atoms with Gasteiger partial charge >= 0.3 is 0 Å². The van der Waals surface area contributed by atoms with Crippen LogP contribution in [0, 0.1) is 6.92 Å². The lowest BCUT2D eigenvalue weighted by atomic mass is 10.2. The van der Waals surface area contributed by atoms with E-state index in [0.717, 1.165) is 5.56 Å². The SMILES string of the molecule is Cc1ccn2c(=O)c(C(=O)NC(C)CO)cnc2c1. The molecule has 2 rings (SSSR count). The van der Waals surface area contributed by atoms with Crippen LogP contribution in [0.5, 0.6) is 0 Å². The fourth-order valence-electron chi connectivity index (χ4n) is 1.68. The molecule has 1 amide bonds. The first kappa shape index (κ1) is 13.2. The highest BCUT2D eigenvalue weighted by molar-refractivity contribution is 5.93.